The van der Waals surface area contributed by atoms with Gasteiger partial charge in [-0.25, -0.2) is 0 Å². The van der Waals surface area contributed by atoms with Gasteiger partial charge < -0.3 is 19.1 Å². The van der Waals surface area contributed by atoms with Gasteiger partial charge in [0, 0.05) is 0 Å². The molecule has 0 aliphatic carbocycles. The smallest absolute Gasteiger partial charge is 0.389 e. The minimum absolute atomic E-state index is 0.188. The fraction of sp³-hybridized carbons (Fsp3) is 1.00. The van der Waals surface area contributed by atoms with Crippen LogP contribution in [0.4, 0.5) is 0 Å². The van der Waals surface area contributed by atoms with Gasteiger partial charge in [-0.15, -0.1) is 0 Å². The van der Waals surface area contributed by atoms with Gasteiger partial charge in [0.15, 0.2) is 4.29 Å². The van der Waals surface area contributed by atoms with E-state index in [0.29, 0.717) is 0 Å². The lowest BCUT2D eigenvalue weighted by molar-refractivity contribution is -0.00223. The predicted molar refractivity (Wildman–Crippen MR) is 38.1 cm³/mol. The van der Waals surface area contributed by atoms with Crippen molar-refractivity contribution in [1.82, 2.24) is 0 Å². The molecule has 0 saturated heterocycles. The first kappa shape index (κ1) is 5.67. The Balaban J connectivity index is 4.11. The first-order valence-corrected chi connectivity index (χ1v) is 4.89. The molecule has 0 spiro atoms. The van der Waals surface area contributed by atoms with Gasteiger partial charge >= 0.3 is 8.80 Å². The number of hydrogen-bond acceptors (Lipinski definition) is 4. The van der Waals surface area contributed by atoms with Crippen molar-refractivity contribution in [1.29, 1.82) is 4.29 Å². The second-order valence-corrected chi connectivity index (χ2v) is 4.74. The molecule has 4 nitrogen and oxygen atoms in total. The Labute approximate surface area is 65.9 Å². The fourth-order valence-electron chi connectivity index (χ4n) is 0.305. The summed E-state index contributed by atoms with van der Waals surface area (Å²) in [7, 11) is -3.55. The van der Waals surface area contributed by atoms with Crippen LogP contribution in [-0.4, -0.2) is 39.3 Å². The van der Waals surface area contributed by atoms with Crippen molar-refractivity contribution in [3.05, 3.63) is 0 Å². The summed E-state index contributed by atoms with van der Waals surface area (Å²) in [6.07, 6.45) is -0.188. The van der Waals surface area contributed by atoms with Crippen molar-refractivity contribution in [3.8, 4) is 0 Å². The SMILES string of the molecule is [3H]O[Si](COC(C)(C)C)(O[3H])O[3H]. The van der Waals surface area contributed by atoms with Crippen LogP contribution in [0.5, 0.6) is 0 Å². The Hall–Kier alpha value is 0.0569. The maximum atomic E-state index is 6.61. The van der Waals surface area contributed by atoms with E-state index in [4.69, 9.17) is 9.03 Å². The summed E-state index contributed by atoms with van der Waals surface area (Å²) in [4.78, 5) is 12.2. The Kier molecular flexibility index (Phi) is 1.69. The topological polar surface area (TPSA) is 69.9 Å². The van der Waals surface area contributed by atoms with Gasteiger partial charge in [-0.1, -0.05) is 0 Å². The van der Waals surface area contributed by atoms with E-state index < -0.39 is 14.4 Å². The van der Waals surface area contributed by atoms with Gasteiger partial charge in [-0.05, 0) is 20.8 Å². The van der Waals surface area contributed by atoms with Crippen molar-refractivity contribution in [2.24, 2.45) is 0 Å². The van der Waals surface area contributed by atoms with Crippen LogP contribution >= 0.6 is 0 Å². The van der Waals surface area contributed by atoms with E-state index in [-0.39, 0.29) is 6.23 Å². The minimum Gasteiger partial charge on any atom is -0.389 e. The molecular formula is C5H14O4Si. The van der Waals surface area contributed by atoms with Crippen LogP contribution in [0.1, 0.15) is 20.8 Å². The van der Waals surface area contributed by atoms with Crippen molar-refractivity contribution < 1.29 is 19.1 Å². The molecule has 0 fully saturated rings. The van der Waals surface area contributed by atoms with Gasteiger partial charge in [-0.3, -0.25) is 0 Å². The van der Waals surface area contributed by atoms with Crippen LogP contribution in [0, 0.1) is 0 Å². The van der Waals surface area contributed by atoms with E-state index in [9.17, 15) is 0 Å². The van der Waals surface area contributed by atoms with E-state index >= 15 is 0 Å². The Morgan fingerprint density at radius 1 is 1.40 bits per heavy atom. The lowest BCUT2D eigenvalue weighted by Gasteiger charge is -2.21. The van der Waals surface area contributed by atoms with Gasteiger partial charge in [0.25, 0.3) is 0 Å². The molecule has 0 unspecified atom stereocenters. The van der Waals surface area contributed by atoms with Crippen molar-refractivity contribution in [2.75, 3.05) is 6.23 Å². The summed E-state index contributed by atoms with van der Waals surface area (Å²) in [6.45, 7) is 5.39. The number of rotatable bonds is 5. The van der Waals surface area contributed by atoms with Crippen LogP contribution in [0.3, 0.4) is 0 Å². The first-order chi connectivity index (χ1) is 5.89. The number of ether oxygens (including phenoxy) is 1. The van der Waals surface area contributed by atoms with E-state index in [0.717, 1.165) is 0 Å². The summed E-state index contributed by atoms with van der Waals surface area (Å²) in [5.74, 6) is 0. The summed E-state index contributed by atoms with van der Waals surface area (Å²) < 4.78 is 25.0. The summed E-state index contributed by atoms with van der Waals surface area (Å²) >= 11 is 0. The molecular weight excluding hydrogens is 152 g/mol. The van der Waals surface area contributed by atoms with Crippen molar-refractivity contribution in [3.63, 3.8) is 0 Å². The van der Waals surface area contributed by atoms with Crippen LogP contribution in [0.2, 0.25) is 0 Å². The third-order valence-corrected chi connectivity index (χ3v) is 1.18. The molecule has 62 valence electrons. The van der Waals surface area contributed by atoms with Crippen LogP contribution in [-0.2, 0) is 4.74 Å². The predicted octanol–water partition coefficient (Wildman–Crippen LogP) is -0.744. The molecule has 0 heterocycles. The zero-order valence-electron chi connectivity index (χ0n) is 9.34. The van der Waals surface area contributed by atoms with Crippen LogP contribution < -0.4 is 0 Å². The van der Waals surface area contributed by atoms with Crippen molar-refractivity contribution in [2.45, 2.75) is 26.4 Å². The maximum Gasteiger partial charge on any atom is 0.519 e. The molecule has 0 aromatic rings. The van der Waals surface area contributed by atoms with Gasteiger partial charge in [0.05, 0.1) is 5.60 Å². The molecule has 0 aliphatic heterocycles. The average Bonchev–Trinajstić information content (AvgIpc) is 2.06. The van der Waals surface area contributed by atoms with Crippen LogP contribution in [0.25, 0.3) is 0 Å². The highest BCUT2D eigenvalue weighted by atomic mass is 28.4. The largest absolute Gasteiger partial charge is 0.519 e. The number of hydrogen-bond donors (Lipinski definition) is 3. The molecule has 0 bridgehead atoms. The monoisotopic (exact) mass is 172 g/mol. The molecule has 0 atom stereocenters. The second kappa shape index (κ2) is 2.98. The summed E-state index contributed by atoms with van der Waals surface area (Å²) in [6, 6.07) is 0. The molecule has 0 radical (unpaired) electrons. The molecule has 0 saturated carbocycles. The second-order valence-electron chi connectivity index (χ2n) is 3.08. The molecule has 0 aromatic carbocycles. The summed E-state index contributed by atoms with van der Waals surface area (Å²) in [5, 5.41) is 0. The Bertz CT molecular complexity index is 139. The molecule has 10 heavy (non-hydrogen) atoms. The van der Waals surface area contributed by atoms with E-state index in [1.807, 2.05) is 0 Å². The van der Waals surface area contributed by atoms with E-state index in [2.05, 4.69) is 14.4 Å². The zero-order valence-corrected chi connectivity index (χ0v) is 7.34. The van der Waals surface area contributed by atoms with E-state index in [1.165, 1.54) is 0 Å². The summed E-state index contributed by atoms with van der Waals surface area (Å²) in [5.41, 5.74) is -0.451. The Morgan fingerprint density at radius 3 is 2.20 bits per heavy atom. The Morgan fingerprint density at radius 2 is 1.90 bits per heavy atom. The van der Waals surface area contributed by atoms with Crippen LogP contribution in [0.15, 0.2) is 0 Å². The molecule has 5 heteroatoms. The molecule has 0 aromatic heterocycles. The minimum atomic E-state index is -3.55. The lowest BCUT2D eigenvalue weighted by Crippen LogP contribution is -2.43. The highest BCUT2D eigenvalue weighted by Gasteiger charge is 2.29. The standard InChI is InChI=1S/C5H14O4Si/c1-5(2,3)9-4-10(6,7)8/h6-8H,4H2,1-3H3/i6T,7T,8T. The average molecular weight is 172 g/mol. The fourth-order valence-corrected chi connectivity index (χ4v) is 0.915. The third kappa shape index (κ3) is 8.06. The quantitative estimate of drug-likeness (QED) is 0.478. The molecule has 0 aliphatic rings. The third-order valence-electron chi connectivity index (χ3n) is 0.682. The zero-order chi connectivity index (χ0) is 10.5. The highest BCUT2D eigenvalue weighted by molar-refractivity contribution is 6.56. The molecule has 0 amide bonds. The molecule has 0 rings (SSSR count). The highest BCUT2D eigenvalue weighted by Crippen LogP contribution is 2.07. The molecule has 3 N–H and O–H groups in total. The lowest BCUT2D eigenvalue weighted by atomic mass is 10.2. The van der Waals surface area contributed by atoms with Gasteiger partial charge in [0.1, 0.15) is 6.23 Å². The van der Waals surface area contributed by atoms with Gasteiger partial charge in [-0.2, -0.15) is 0 Å². The van der Waals surface area contributed by atoms with E-state index in [1.54, 1.807) is 20.8 Å². The van der Waals surface area contributed by atoms with Gasteiger partial charge in [0.2, 0.25) is 0 Å². The normalized spacial score (nSPS) is 17.7. The van der Waals surface area contributed by atoms with Crippen molar-refractivity contribution >= 4 is 8.80 Å². The first-order valence-electron chi connectivity index (χ1n) is 4.18. The maximum absolute atomic E-state index is 6.61.